The maximum Gasteiger partial charge on any atom is 0.148 e. The van der Waals surface area contributed by atoms with Crippen LogP contribution in [0.2, 0.25) is 0 Å². The fourth-order valence-electron chi connectivity index (χ4n) is 0.467. The molecule has 0 aliphatic rings. The first-order valence-corrected chi connectivity index (χ1v) is 3.39. The van der Waals surface area contributed by atoms with Crippen molar-refractivity contribution in [1.82, 2.24) is 0 Å². The summed E-state index contributed by atoms with van der Waals surface area (Å²) in [5, 5.41) is 0. The van der Waals surface area contributed by atoms with E-state index in [1.165, 1.54) is 6.08 Å². The highest BCUT2D eigenvalue weighted by atomic mass is 16.7. The number of hydrogen-bond acceptors (Lipinski definition) is 2. The highest BCUT2D eigenvalue weighted by molar-refractivity contribution is 5.18. The molecule has 0 radical (unpaired) electrons. The highest BCUT2D eigenvalue weighted by Crippen LogP contribution is 2.06. The Kier molecular flexibility index (Phi) is 4.60. The van der Waals surface area contributed by atoms with E-state index in [0.717, 1.165) is 0 Å². The van der Waals surface area contributed by atoms with Crippen molar-refractivity contribution in [2.75, 3.05) is 13.9 Å². The molecule has 0 atom stereocenters. The van der Waals surface area contributed by atoms with Gasteiger partial charge < -0.3 is 9.47 Å². The molecule has 0 aromatic rings. The molecule has 0 spiro atoms. The van der Waals surface area contributed by atoms with Crippen molar-refractivity contribution in [2.45, 2.75) is 19.4 Å². The van der Waals surface area contributed by atoms with Gasteiger partial charge in [0.15, 0.2) is 0 Å². The number of rotatable bonds is 3. The summed E-state index contributed by atoms with van der Waals surface area (Å²) in [7, 11) is 1.58. The van der Waals surface area contributed by atoms with Gasteiger partial charge in [0, 0.05) is 7.11 Å². The normalized spacial score (nSPS) is 10.1. The van der Waals surface area contributed by atoms with Gasteiger partial charge in [-0.3, -0.25) is 0 Å². The molecule has 0 aliphatic carbocycles. The molecule has 0 amide bonds. The first kappa shape index (κ1) is 10.2. The van der Waals surface area contributed by atoms with Gasteiger partial charge in [-0.2, -0.15) is 0 Å². The van der Waals surface area contributed by atoms with Crippen molar-refractivity contribution in [2.24, 2.45) is 0 Å². The number of methoxy groups -OCH3 is 1. The van der Waals surface area contributed by atoms with E-state index in [2.05, 4.69) is 18.4 Å². The van der Waals surface area contributed by atoms with Crippen LogP contribution in [0.25, 0.3) is 0 Å². The van der Waals surface area contributed by atoms with Crippen LogP contribution in [0.1, 0.15) is 13.8 Å². The van der Waals surface area contributed by atoms with Crippen LogP contribution in [0.5, 0.6) is 0 Å². The van der Waals surface area contributed by atoms with Gasteiger partial charge in [-0.05, 0) is 19.9 Å². The summed E-state index contributed by atoms with van der Waals surface area (Å²) in [6, 6.07) is 0. The van der Waals surface area contributed by atoms with Crippen molar-refractivity contribution in [3.8, 4) is 11.8 Å². The second kappa shape index (κ2) is 4.95. The summed E-state index contributed by atoms with van der Waals surface area (Å²) in [4.78, 5) is 0. The van der Waals surface area contributed by atoms with Crippen LogP contribution in [0, 0.1) is 11.8 Å². The van der Waals surface area contributed by atoms with Crippen LogP contribution in [0.3, 0.4) is 0 Å². The van der Waals surface area contributed by atoms with Crippen molar-refractivity contribution in [1.29, 1.82) is 0 Å². The molecule has 0 fully saturated rings. The van der Waals surface area contributed by atoms with E-state index < -0.39 is 5.60 Å². The van der Waals surface area contributed by atoms with E-state index in [1.54, 1.807) is 7.11 Å². The Labute approximate surface area is 68.2 Å². The van der Waals surface area contributed by atoms with E-state index in [-0.39, 0.29) is 6.79 Å². The number of hydrogen-bond donors (Lipinski definition) is 0. The first-order valence-electron chi connectivity index (χ1n) is 3.39. The molecule has 2 nitrogen and oxygen atoms in total. The van der Waals surface area contributed by atoms with E-state index in [0.29, 0.717) is 0 Å². The van der Waals surface area contributed by atoms with Crippen molar-refractivity contribution >= 4 is 0 Å². The third kappa shape index (κ3) is 5.65. The van der Waals surface area contributed by atoms with E-state index >= 15 is 0 Å². The number of allylic oxidation sites excluding steroid dienone is 1. The Hall–Kier alpha value is -0.780. The average Bonchev–Trinajstić information content (AvgIpc) is 1.97. The Morgan fingerprint density at radius 1 is 1.55 bits per heavy atom. The van der Waals surface area contributed by atoms with Crippen molar-refractivity contribution in [3.05, 3.63) is 12.7 Å². The van der Waals surface area contributed by atoms with E-state index in [9.17, 15) is 0 Å². The fraction of sp³-hybridized carbons (Fsp3) is 0.556. The minimum atomic E-state index is -0.454. The lowest BCUT2D eigenvalue weighted by Crippen LogP contribution is -2.23. The first-order chi connectivity index (χ1) is 5.12. The maximum atomic E-state index is 5.24. The molecule has 0 aliphatic heterocycles. The minimum absolute atomic E-state index is 0.263. The molecule has 0 unspecified atom stereocenters. The third-order valence-electron chi connectivity index (χ3n) is 1.01. The molecular formula is C9H14O2. The standard InChI is InChI=1S/C9H14O2/c1-5-6-7-9(2,3)11-8-10-4/h5H,1,8H2,2-4H3. The zero-order chi connectivity index (χ0) is 8.74. The number of ether oxygens (including phenoxy) is 2. The molecule has 0 N–H and O–H groups in total. The second-order valence-corrected chi connectivity index (χ2v) is 2.53. The van der Waals surface area contributed by atoms with Crippen LogP contribution in [0.15, 0.2) is 12.7 Å². The zero-order valence-electron chi connectivity index (χ0n) is 7.31. The molecule has 2 heteroatoms. The summed E-state index contributed by atoms with van der Waals surface area (Å²) in [5.41, 5.74) is -0.454. The summed E-state index contributed by atoms with van der Waals surface area (Å²) in [6.07, 6.45) is 1.54. The molecule has 0 bridgehead atoms. The third-order valence-corrected chi connectivity index (χ3v) is 1.01. The molecule has 0 rings (SSSR count). The van der Waals surface area contributed by atoms with Crippen LogP contribution >= 0.6 is 0 Å². The predicted octanol–water partition coefficient (Wildman–Crippen LogP) is 1.57. The monoisotopic (exact) mass is 154 g/mol. The Balaban J connectivity index is 3.88. The summed E-state index contributed by atoms with van der Waals surface area (Å²) in [6.45, 7) is 7.50. The van der Waals surface area contributed by atoms with Gasteiger partial charge in [-0.15, -0.1) is 0 Å². The quantitative estimate of drug-likeness (QED) is 0.454. The summed E-state index contributed by atoms with van der Waals surface area (Å²) < 4.78 is 9.98. The van der Waals surface area contributed by atoms with Gasteiger partial charge in [-0.1, -0.05) is 18.4 Å². The van der Waals surface area contributed by atoms with Gasteiger partial charge in [0.2, 0.25) is 0 Å². The van der Waals surface area contributed by atoms with Gasteiger partial charge >= 0.3 is 0 Å². The van der Waals surface area contributed by atoms with Crippen molar-refractivity contribution in [3.63, 3.8) is 0 Å². The molecule has 11 heavy (non-hydrogen) atoms. The van der Waals surface area contributed by atoms with E-state index in [1.807, 2.05) is 13.8 Å². The lowest BCUT2D eigenvalue weighted by Gasteiger charge is -2.17. The molecule has 0 heterocycles. The highest BCUT2D eigenvalue weighted by Gasteiger charge is 2.13. The molecule has 62 valence electrons. The Bertz CT molecular complexity index is 172. The van der Waals surface area contributed by atoms with Crippen LogP contribution < -0.4 is 0 Å². The lowest BCUT2D eigenvalue weighted by molar-refractivity contribution is -0.0877. The molecule has 0 aromatic heterocycles. The summed E-state index contributed by atoms with van der Waals surface area (Å²) >= 11 is 0. The van der Waals surface area contributed by atoms with Gasteiger partial charge in [0.05, 0.1) is 0 Å². The van der Waals surface area contributed by atoms with Crippen LogP contribution in [-0.4, -0.2) is 19.5 Å². The molecule has 0 saturated heterocycles. The maximum absolute atomic E-state index is 5.24. The molecule has 0 aromatic carbocycles. The predicted molar refractivity (Wildman–Crippen MR) is 45.0 cm³/mol. The average molecular weight is 154 g/mol. The summed E-state index contributed by atoms with van der Waals surface area (Å²) in [5.74, 6) is 5.60. The topological polar surface area (TPSA) is 18.5 Å². The largest absolute Gasteiger partial charge is 0.359 e. The molecule has 0 saturated carbocycles. The van der Waals surface area contributed by atoms with E-state index in [4.69, 9.17) is 9.47 Å². The fourth-order valence-corrected chi connectivity index (χ4v) is 0.467. The Morgan fingerprint density at radius 2 is 2.18 bits per heavy atom. The Morgan fingerprint density at radius 3 is 2.64 bits per heavy atom. The SMILES string of the molecule is C=CC#CC(C)(C)OCOC. The van der Waals surface area contributed by atoms with Gasteiger partial charge in [0.25, 0.3) is 0 Å². The lowest BCUT2D eigenvalue weighted by atomic mass is 10.1. The van der Waals surface area contributed by atoms with Gasteiger partial charge in [-0.25, -0.2) is 0 Å². The zero-order valence-corrected chi connectivity index (χ0v) is 7.31. The van der Waals surface area contributed by atoms with Crippen LogP contribution in [0.4, 0.5) is 0 Å². The second-order valence-electron chi connectivity index (χ2n) is 2.53. The van der Waals surface area contributed by atoms with Gasteiger partial charge in [0.1, 0.15) is 12.4 Å². The van der Waals surface area contributed by atoms with Crippen molar-refractivity contribution < 1.29 is 9.47 Å². The minimum Gasteiger partial charge on any atom is -0.359 e. The smallest absolute Gasteiger partial charge is 0.148 e. The molecular weight excluding hydrogens is 140 g/mol. The van der Waals surface area contributed by atoms with Crippen LogP contribution in [-0.2, 0) is 9.47 Å².